The monoisotopic (exact) mass is 240 g/mol. The van der Waals surface area contributed by atoms with Crippen LogP contribution in [0.15, 0.2) is 16.7 Å². The van der Waals surface area contributed by atoms with Crippen LogP contribution in [0.3, 0.4) is 0 Å². The van der Waals surface area contributed by atoms with Crippen LogP contribution in [0.4, 0.5) is 0 Å². The molecule has 0 saturated carbocycles. The lowest BCUT2D eigenvalue weighted by atomic mass is 10.4. The van der Waals surface area contributed by atoms with Gasteiger partial charge in [0.1, 0.15) is 5.82 Å². The number of nitrogens with zero attached hydrogens (tertiary/aromatic N) is 4. The van der Waals surface area contributed by atoms with E-state index in [1.807, 2.05) is 24.1 Å². The van der Waals surface area contributed by atoms with E-state index in [4.69, 9.17) is 0 Å². The van der Waals surface area contributed by atoms with Crippen LogP contribution < -0.4 is 0 Å². The van der Waals surface area contributed by atoms with Crippen molar-refractivity contribution < 1.29 is 0 Å². The summed E-state index contributed by atoms with van der Waals surface area (Å²) in [4.78, 5) is 4.39. The Morgan fingerprint density at radius 3 is 3.00 bits per heavy atom. The molecule has 0 atom stereocenters. The van der Waals surface area contributed by atoms with Gasteiger partial charge in [0.05, 0.1) is 6.20 Å². The van der Waals surface area contributed by atoms with Crippen LogP contribution in [-0.2, 0) is 19.2 Å². The quantitative estimate of drug-likeness (QED) is 0.768. The fourth-order valence-electron chi connectivity index (χ4n) is 1.13. The van der Waals surface area contributed by atoms with E-state index in [2.05, 4.69) is 21.4 Å². The molecular weight excluding hydrogens is 228 g/mol. The second-order valence-corrected chi connectivity index (χ2v) is 5.12. The van der Waals surface area contributed by atoms with Crippen LogP contribution in [0.1, 0.15) is 18.3 Å². The maximum Gasteiger partial charge on any atom is 0.170 e. The molecule has 15 heavy (non-hydrogen) atoms. The molecule has 6 heteroatoms. The van der Waals surface area contributed by atoms with E-state index in [1.54, 1.807) is 11.8 Å². The standard InChI is InChI=1S/C9H12N4S2/c1-3-8-11-9(15-12-8)14-6-7-4-10-13(2)5-7/h4-5H,3,6H2,1-2H3. The average molecular weight is 240 g/mol. The summed E-state index contributed by atoms with van der Waals surface area (Å²) in [6, 6.07) is 0. The predicted octanol–water partition coefficient (Wildman–Crippen LogP) is 2.13. The van der Waals surface area contributed by atoms with Crippen LogP contribution in [0.2, 0.25) is 0 Å². The molecule has 0 amide bonds. The molecule has 0 aromatic carbocycles. The number of thioether (sulfide) groups is 1. The van der Waals surface area contributed by atoms with Crippen molar-refractivity contribution >= 4 is 23.3 Å². The van der Waals surface area contributed by atoms with E-state index in [9.17, 15) is 0 Å². The lowest BCUT2D eigenvalue weighted by molar-refractivity contribution is 0.767. The highest BCUT2D eigenvalue weighted by Crippen LogP contribution is 2.24. The summed E-state index contributed by atoms with van der Waals surface area (Å²) in [6.45, 7) is 2.07. The molecule has 0 radical (unpaired) electrons. The van der Waals surface area contributed by atoms with Crippen molar-refractivity contribution in [1.29, 1.82) is 0 Å². The summed E-state index contributed by atoms with van der Waals surface area (Å²) in [7, 11) is 1.92. The molecule has 0 fully saturated rings. The van der Waals surface area contributed by atoms with Gasteiger partial charge in [0.15, 0.2) is 4.34 Å². The van der Waals surface area contributed by atoms with E-state index in [-0.39, 0.29) is 0 Å². The van der Waals surface area contributed by atoms with E-state index < -0.39 is 0 Å². The molecule has 4 nitrogen and oxygen atoms in total. The Kier molecular flexibility index (Phi) is 3.37. The molecule has 0 aliphatic heterocycles. The van der Waals surface area contributed by atoms with Gasteiger partial charge in [-0.05, 0) is 11.5 Å². The molecule has 2 aromatic rings. The summed E-state index contributed by atoms with van der Waals surface area (Å²) >= 11 is 3.19. The Bertz CT molecular complexity index is 435. The highest BCUT2D eigenvalue weighted by atomic mass is 32.2. The normalized spacial score (nSPS) is 10.8. The van der Waals surface area contributed by atoms with Crippen molar-refractivity contribution in [3.8, 4) is 0 Å². The highest BCUT2D eigenvalue weighted by molar-refractivity contribution is 8.00. The Morgan fingerprint density at radius 1 is 1.53 bits per heavy atom. The van der Waals surface area contributed by atoms with Crippen molar-refractivity contribution in [2.45, 2.75) is 23.4 Å². The van der Waals surface area contributed by atoms with Crippen molar-refractivity contribution in [3.05, 3.63) is 23.8 Å². The van der Waals surface area contributed by atoms with Gasteiger partial charge >= 0.3 is 0 Å². The number of hydrogen-bond acceptors (Lipinski definition) is 5. The third kappa shape index (κ3) is 2.79. The van der Waals surface area contributed by atoms with Crippen LogP contribution in [0, 0.1) is 0 Å². The first-order valence-electron chi connectivity index (χ1n) is 4.71. The second-order valence-electron chi connectivity index (χ2n) is 3.14. The summed E-state index contributed by atoms with van der Waals surface area (Å²) < 4.78 is 7.09. The number of aromatic nitrogens is 4. The fourth-order valence-corrected chi connectivity index (χ4v) is 2.74. The molecule has 2 rings (SSSR count). The lowest BCUT2D eigenvalue weighted by Crippen LogP contribution is -1.84. The maximum absolute atomic E-state index is 4.39. The molecule has 0 saturated heterocycles. The number of rotatable bonds is 4. The van der Waals surface area contributed by atoms with Crippen LogP contribution in [0.25, 0.3) is 0 Å². The topological polar surface area (TPSA) is 43.6 Å². The number of aryl methyl sites for hydroxylation is 2. The van der Waals surface area contributed by atoms with Crippen molar-refractivity contribution in [1.82, 2.24) is 19.1 Å². The zero-order valence-electron chi connectivity index (χ0n) is 8.67. The molecule has 0 N–H and O–H groups in total. The Morgan fingerprint density at radius 2 is 2.40 bits per heavy atom. The maximum atomic E-state index is 4.39. The van der Waals surface area contributed by atoms with E-state index in [1.165, 1.54) is 17.1 Å². The minimum Gasteiger partial charge on any atom is -0.276 e. The largest absolute Gasteiger partial charge is 0.276 e. The van der Waals surface area contributed by atoms with Gasteiger partial charge < -0.3 is 0 Å². The smallest absolute Gasteiger partial charge is 0.170 e. The summed E-state index contributed by atoms with van der Waals surface area (Å²) in [6.07, 6.45) is 4.81. The SMILES string of the molecule is CCc1nsc(SCc2cnn(C)c2)n1. The van der Waals surface area contributed by atoms with E-state index in [0.717, 1.165) is 22.3 Å². The third-order valence-electron chi connectivity index (χ3n) is 1.89. The first-order valence-corrected chi connectivity index (χ1v) is 6.46. The van der Waals surface area contributed by atoms with Crippen LogP contribution >= 0.6 is 23.3 Å². The average Bonchev–Trinajstić information content (AvgIpc) is 2.83. The Balaban J connectivity index is 1.93. The third-order valence-corrected chi connectivity index (χ3v) is 3.83. The molecule has 0 spiro atoms. The summed E-state index contributed by atoms with van der Waals surface area (Å²) in [5.74, 6) is 1.85. The van der Waals surface area contributed by atoms with E-state index in [0.29, 0.717) is 0 Å². The van der Waals surface area contributed by atoms with Gasteiger partial charge in [-0.3, -0.25) is 4.68 Å². The first kappa shape index (κ1) is 10.6. The molecule has 0 bridgehead atoms. The van der Waals surface area contributed by atoms with Crippen LogP contribution in [0.5, 0.6) is 0 Å². The molecule has 2 aromatic heterocycles. The van der Waals surface area contributed by atoms with Gasteiger partial charge in [0, 0.05) is 31.0 Å². The van der Waals surface area contributed by atoms with E-state index >= 15 is 0 Å². The Hall–Kier alpha value is -0.880. The highest BCUT2D eigenvalue weighted by Gasteiger charge is 2.04. The summed E-state index contributed by atoms with van der Waals surface area (Å²) in [5, 5.41) is 4.12. The van der Waals surface area contributed by atoms with Gasteiger partial charge in [-0.2, -0.15) is 9.47 Å². The molecule has 0 unspecified atom stereocenters. The molecular formula is C9H12N4S2. The van der Waals surface area contributed by atoms with Gasteiger partial charge in [-0.15, -0.1) is 0 Å². The van der Waals surface area contributed by atoms with Crippen molar-refractivity contribution in [2.24, 2.45) is 7.05 Å². The van der Waals surface area contributed by atoms with Gasteiger partial charge in [-0.25, -0.2) is 4.98 Å². The predicted molar refractivity (Wildman–Crippen MR) is 62.1 cm³/mol. The van der Waals surface area contributed by atoms with Gasteiger partial charge in [-0.1, -0.05) is 18.7 Å². The van der Waals surface area contributed by atoms with Crippen molar-refractivity contribution in [3.63, 3.8) is 0 Å². The minimum atomic E-state index is 0.907. The van der Waals surface area contributed by atoms with Crippen LogP contribution in [-0.4, -0.2) is 19.1 Å². The summed E-state index contributed by atoms with van der Waals surface area (Å²) in [5.41, 5.74) is 1.22. The molecule has 0 aliphatic rings. The minimum absolute atomic E-state index is 0.907. The second kappa shape index (κ2) is 4.76. The molecule has 0 aliphatic carbocycles. The van der Waals surface area contributed by atoms with Gasteiger partial charge in [0.25, 0.3) is 0 Å². The fraction of sp³-hybridized carbons (Fsp3) is 0.444. The zero-order chi connectivity index (χ0) is 10.7. The number of hydrogen-bond donors (Lipinski definition) is 0. The Labute approximate surface area is 96.9 Å². The van der Waals surface area contributed by atoms with Gasteiger partial charge in [0.2, 0.25) is 0 Å². The zero-order valence-corrected chi connectivity index (χ0v) is 10.3. The first-order chi connectivity index (χ1) is 7.28. The van der Waals surface area contributed by atoms with Crippen molar-refractivity contribution in [2.75, 3.05) is 0 Å². The lowest BCUT2D eigenvalue weighted by Gasteiger charge is -1.91. The molecule has 2 heterocycles. The molecule has 80 valence electrons.